The minimum absolute atomic E-state index is 0.0133. The van der Waals surface area contributed by atoms with Crippen LogP contribution >= 0.6 is 0 Å². The smallest absolute Gasteiger partial charge is 0.229 e. The Hall–Kier alpha value is -3.59. The van der Waals surface area contributed by atoms with E-state index in [4.69, 9.17) is 19.3 Å². The van der Waals surface area contributed by atoms with Gasteiger partial charge in [-0.3, -0.25) is 0 Å². The van der Waals surface area contributed by atoms with E-state index in [1.54, 1.807) is 42.5 Å². The largest absolute Gasteiger partial charge is 0.491 e. The van der Waals surface area contributed by atoms with Gasteiger partial charge in [0.25, 0.3) is 0 Å². The molecule has 2 heterocycles. The Morgan fingerprint density at radius 3 is 2.72 bits per heavy atom. The number of ether oxygens (including phenoxy) is 3. The molecule has 1 aliphatic heterocycles. The molecule has 8 nitrogen and oxygen atoms in total. The SMILES string of the molecule is OCCOc1cccc(Nc2nc(Nc3ccc4c(c3)OCCO4)ncc2F)c1. The van der Waals surface area contributed by atoms with Crippen LogP contribution in [0.1, 0.15) is 0 Å². The number of rotatable bonds is 7. The molecule has 0 aliphatic carbocycles. The number of nitrogens with one attached hydrogen (secondary N) is 2. The molecule has 0 saturated heterocycles. The maximum Gasteiger partial charge on any atom is 0.229 e. The van der Waals surface area contributed by atoms with Gasteiger partial charge in [0.2, 0.25) is 5.95 Å². The van der Waals surface area contributed by atoms with Gasteiger partial charge in [-0.2, -0.15) is 4.98 Å². The molecular weight excluding hydrogens is 379 g/mol. The van der Waals surface area contributed by atoms with Crippen LogP contribution in [0.4, 0.5) is 27.5 Å². The summed E-state index contributed by atoms with van der Waals surface area (Å²) in [6.45, 7) is 1.09. The number of aromatic nitrogens is 2. The van der Waals surface area contributed by atoms with Crippen molar-refractivity contribution in [1.82, 2.24) is 9.97 Å². The number of aliphatic hydroxyl groups excluding tert-OH is 1. The van der Waals surface area contributed by atoms with Crippen molar-refractivity contribution in [2.45, 2.75) is 0 Å². The van der Waals surface area contributed by atoms with E-state index in [0.29, 0.717) is 41.8 Å². The van der Waals surface area contributed by atoms with Crippen molar-refractivity contribution >= 4 is 23.1 Å². The fourth-order valence-electron chi connectivity index (χ4n) is 2.73. The summed E-state index contributed by atoms with van der Waals surface area (Å²) in [6, 6.07) is 12.3. The first kappa shape index (κ1) is 18.8. The molecule has 2 aromatic carbocycles. The zero-order chi connectivity index (χ0) is 20.1. The molecule has 0 radical (unpaired) electrons. The number of hydrogen-bond acceptors (Lipinski definition) is 8. The zero-order valence-electron chi connectivity index (χ0n) is 15.4. The highest BCUT2D eigenvalue weighted by Gasteiger charge is 2.13. The molecule has 29 heavy (non-hydrogen) atoms. The summed E-state index contributed by atoms with van der Waals surface area (Å²) < 4.78 is 30.6. The van der Waals surface area contributed by atoms with E-state index < -0.39 is 5.82 Å². The molecule has 0 bridgehead atoms. The first-order valence-corrected chi connectivity index (χ1v) is 9.01. The van der Waals surface area contributed by atoms with Crippen molar-refractivity contribution in [3.63, 3.8) is 0 Å². The van der Waals surface area contributed by atoms with Crippen molar-refractivity contribution in [3.05, 3.63) is 54.5 Å². The Balaban J connectivity index is 1.50. The number of benzene rings is 2. The number of nitrogens with zero attached hydrogens (tertiary/aromatic N) is 2. The molecule has 9 heteroatoms. The first-order valence-electron chi connectivity index (χ1n) is 9.01. The summed E-state index contributed by atoms with van der Waals surface area (Å²) in [5.41, 5.74) is 1.27. The van der Waals surface area contributed by atoms with Gasteiger partial charge in [0.05, 0.1) is 12.8 Å². The summed E-state index contributed by atoms with van der Waals surface area (Å²) in [4.78, 5) is 8.19. The van der Waals surface area contributed by atoms with Gasteiger partial charge in [0.1, 0.15) is 25.6 Å². The normalized spacial score (nSPS) is 12.3. The quantitative estimate of drug-likeness (QED) is 0.558. The summed E-state index contributed by atoms with van der Waals surface area (Å²) in [6.07, 6.45) is 1.09. The third-order valence-electron chi connectivity index (χ3n) is 4.00. The lowest BCUT2D eigenvalue weighted by Crippen LogP contribution is -2.15. The lowest BCUT2D eigenvalue weighted by atomic mass is 10.2. The van der Waals surface area contributed by atoms with Crippen LogP contribution in [0.3, 0.4) is 0 Å². The van der Waals surface area contributed by atoms with Crippen molar-refractivity contribution in [3.8, 4) is 17.2 Å². The molecule has 0 amide bonds. The van der Waals surface area contributed by atoms with Crippen LogP contribution in [0.25, 0.3) is 0 Å². The van der Waals surface area contributed by atoms with E-state index >= 15 is 0 Å². The van der Waals surface area contributed by atoms with Crippen LogP contribution < -0.4 is 24.8 Å². The highest BCUT2D eigenvalue weighted by molar-refractivity contribution is 5.63. The number of halogens is 1. The van der Waals surface area contributed by atoms with Crippen LogP contribution in [-0.4, -0.2) is 41.5 Å². The van der Waals surface area contributed by atoms with E-state index in [-0.39, 0.29) is 25.0 Å². The van der Waals surface area contributed by atoms with Gasteiger partial charge in [0.15, 0.2) is 23.1 Å². The van der Waals surface area contributed by atoms with Crippen LogP contribution in [0, 0.1) is 5.82 Å². The van der Waals surface area contributed by atoms with Crippen molar-refractivity contribution in [2.24, 2.45) is 0 Å². The van der Waals surface area contributed by atoms with E-state index in [1.807, 2.05) is 0 Å². The van der Waals surface area contributed by atoms with Gasteiger partial charge in [-0.05, 0) is 24.3 Å². The maximum atomic E-state index is 14.2. The monoisotopic (exact) mass is 398 g/mol. The van der Waals surface area contributed by atoms with Gasteiger partial charge >= 0.3 is 0 Å². The van der Waals surface area contributed by atoms with Crippen LogP contribution in [0.5, 0.6) is 17.2 Å². The lowest BCUT2D eigenvalue weighted by Gasteiger charge is -2.19. The predicted molar refractivity (Wildman–Crippen MR) is 105 cm³/mol. The molecule has 150 valence electrons. The molecule has 0 saturated carbocycles. The summed E-state index contributed by atoms with van der Waals surface area (Å²) in [7, 11) is 0. The molecule has 3 aromatic rings. The average molecular weight is 398 g/mol. The van der Waals surface area contributed by atoms with E-state index in [9.17, 15) is 4.39 Å². The second-order valence-corrected chi connectivity index (χ2v) is 6.10. The number of hydrogen-bond donors (Lipinski definition) is 3. The lowest BCUT2D eigenvalue weighted by molar-refractivity contribution is 0.171. The third kappa shape index (κ3) is 4.64. The molecule has 1 aromatic heterocycles. The summed E-state index contributed by atoms with van der Waals surface area (Å²) >= 11 is 0. The minimum atomic E-state index is -0.598. The highest BCUT2D eigenvalue weighted by Crippen LogP contribution is 2.33. The first-order chi connectivity index (χ1) is 14.2. The number of anilines is 4. The average Bonchev–Trinajstić information content (AvgIpc) is 2.75. The molecule has 4 rings (SSSR count). The van der Waals surface area contributed by atoms with Gasteiger partial charge in [-0.25, -0.2) is 9.37 Å². The number of fused-ring (bicyclic) bond motifs is 1. The Labute approximate surface area is 166 Å². The Kier molecular flexibility index (Phi) is 5.57. The van der Waals surface area contributed by atoms with E-state index in [2.05, 4.69) is 20.6 Å². The molecule has 0 fully saturated rings. The van der Waals surface area contributed by atoms with E-state index in [0.717, 1.165) is 6.20 Å². The molecular formula is C20H19FN4O4. The van der Waals surface area contributed by atoms with Crippen LogP contribution in [0.2, 0.25) is 0 Å². The van der Waals surface area contributed by atoms with Crippen LogP contribution in [-0.2, 0) is 0 Å². The second-order valence-electron chi connectivity index (χ2n) is 6.10. The molecule has 0 unspecified atom stereocenters. The highest BCUT2D eigenvalue weighted by atomic mass is 19.1. The Bertz CT molecular complexity index is 1000. The Morgan fingerprint density at radius 2 is 1.86 bits per heavy atom. The van der Waals surface area contributed by atoms with Crippen molar-refractivity contribution in [1.29, 1.82) is 0 Å². The minimum Gasteiger partial charge on any atom is -0.491 e. The maximum absolute atomic E-state index is 14.2. The van der Waals surface area contributed by atoms with Gasteiger partial charge in [0, 0.05) is 23.5 Å². The fourth-order valence-corrected chi connectivity index (χ4v) is 2.73. The zero-order valence-corrected chi connectivity index (χ0v) is 15.4. The topological polar surface area (TPSA) is 97.8 Å². The van der Waals surface area contributed by atoms with Gasteiger partial charge in [-0.1, -0.05) is 6.07 Å². The van der Waals surface area contributed by atoms with E-state index in [1.165, 1.54) is 0 Å². The second kappa shape index (κ2) is 8.61. The molecule has 1 aliphatic rings. The Morgan fingerprint density at radius 1 is 1.03 bits per heavy atom. The van der Waals surface area contributed by atoms with Crippen LogP contribution in [0.15, 0.2) is 48.7 Å². The number of aliphatic hydroxyl groups is 1. The van der Waals surface area contributed by atoms with Crippen molar-refractivity contribution < 1.29 is 23.7 Å². The summed E-state index contributed by atoms with van der Waals surface area (Å²) in [5.74, 6) is 1.49. The standard InChI is InChI=1S/C20H19FN4O4/c21-16-12-22-20(24-14-4-5-17-18(11-14)29-9-8-28-17)25-19(16)23-13-2-1-3-15(10-13)27-7-6-26/h1-5,10-12,26H,6-9H2,(H2,22,23,24,25). The van der Waals surface area contributed by atoms with Gasteiger partial charge in [-0.15, -0.1) is 0 Å². The van der Waals surface area contributed by atoms with Crippen molar-refractivity contribution in [2.75, 3.05) is 37.1 Å². The molecule has 0 atom stereocenters. The van der Waals surface area contributed by atoms with Gasteiger partial charge < -0.3 is 30.0 Å². The molecule has 0 spiro atoms. The third-order valence-corrected chi connectivity index (χ3v) is 4.00. The summed E-state index contributed by atoms with van der Waals surface area (Å²) in [5, 5.41) is 14.8. The predicted octanol–water partition coefficient (Wildman–Crippen LogP) is 3.25. The molecule has 3 N–H and O–H groups in total. The fraction of sp³-hybridized carbons (Fsp3) is 0.200.